The molecule has 2 aromatic heterocycles. The molecule has 7 heteroatoms. The molecule has 0 atom stereocenters. The number of anilines is 1. The second-order valence-electron chi connectivity index (χ2n) is 7.23. The van der Waals surface area contributed by atoms with Crippen LogP contribution in [0.5, 0.6) is 0 Å². The molecule has 1 saturated heterocycles. The monoisotopic (exact) mass is 399 g/mol. The third kappa shape index (κ3) is 4.14. The van der Waals surface area contributed by atoms with Gasteiger partial charge < -0.3 is 10.1 Å². The van der Waals surface area contributed by atoms with Crippen LogP contribution in [0.1, 0.15) is 17.7 Å². The first-order valence-electron chi connectivity index (χ1n) is 9.79. The minimum Gasteiger partial charge on any atom is -0.379 e. The van der Waals surface area contributed by atoms with E-state index in [1.165, 1.54) is 0 Å². The summed E-state index contributed by atoms with van der Waals surface area (Å²) in [6, 6.07) is 9.84. The lowest BCUT2D eigenvalue weighted by Gasteiger charge is -2.26. The molecule has 1 N–H and O–H groups in total. The Labute approximate surface area is 170 Å². The van der Waals surface area contributed by atoms with Crippen LogP contribution in [0.25, 0.3) is 16.9 Å². The highest BCUT2D eigenvalue weighted by molar-refractivity contribution is 6.30. The van der Waals surface area contributed by atoms with E-state index in [-0.39, 0.29) is 0 Å². The number of halogens is 1. The minimum absolute atomic E-state index is 0.724. The number of rotatable bonds is 6. The van der Waals surface area contributed by atoms with Crippen LogP contribution in [-0.4, -0.2) is 58.9 Å². The third-order valence-electron chi connectivity index (χ3n) is 5.13. The molecule has 0 radical (unpaired) electrons. The van der Waals surface area contributed by atoms with Crippen LogP contribution in [0.2, 0.25) is 5.02 Å². The molecule has 0 saturated carbocycles. The largest absolute Gasteiger partial charge is 0.379 e. The first-order valence-corrected chi connectivity index (χ1v) is 10.2. The molecule has 3 heterocycles. The molecule has 4 rings (SSSR count). The zero-order chi connectivity index (χ0) is 19.5. The number of ether oxygens (including phenoxy) is 1. The van der Waals surface area contributed by atoms with Gasteiger partial charge in [0.1, 0.15) is 5.82 Å². The summed E-state index contributed by atoms with van der Waals surface area (Å²) in [4.78, 5) is 7.17. The Hall–Kier alpha value is -2.15. The fraction of sp³-hybridized carbons (Fsp3) is 0.429. The topological polar surface area (TPSA) is 54.7 Å². The smallest absolute Gasteiger partial charge is 0.161 e. The molecule has 1 fully saturated rings. The van der Waals surface area contributed by atoms with Gasteiger partial charge in [-0.15, -0.1) is 0 Å². The Morgan fingerprint density at radius 2 is 1.89 bits per heavy atom. The number of hydrogen-bond acceptors (Lipinski definition) is 5. The summed E-state index contributed by atoms with van der Waals surface area (Å²) in [6.45, 7) is 9.81. The number of aromatic nitrogens is 3. The fourth-order valence-electron chi connectivity index (χ4n) is 3.60. The van der Waals surface area contributed by atoms with Crippen molar-refractivity contribution in [3.63, 3.8) is 0 Å². The fourth-order valence-corrected chi connectivity index (χ4v) is 3.72. The Morgan fingerprint density at radius 3 is 2.64 bits per heavy atom. The van der Waals surface area contributed by atoms with Gasteiger partial charge in [-0.3, -0.25) is 4.90 Å². The van der Waals surface area contributed by atoms with Gasteiger partial charge in [-0.2, -0.15) is 9.61 Å². The molecule has 3 aromatic rings. The quantitative estimate of drug-likeness (QED) is 0.639. The molecule has 28 heavy (non-hydrogen) atoms. The van der Waals surface area contributed by atoms with Gasteiger partial charge in [-0.25, -0.2) is 4.98 Å². The van der Waals surface area contributed by atoms with Gasteiger partial charge in [0, 0.05) is 47.5 Å². The van der Waals surface area contributed by atoms with Crippen LogP contribution in [-0.2, 0) is 4.74 Å². The van der Waals surface area contributed by atoms with Crippen molar-refractivity contribution in [1.29, 1.82) is 0 Å². The van der Waals surface area contributed by atoms with Gasteiger partial charge in [0.05, 0.1) is 18.9 Å². The van der Waals surface area contributed by atoms with Gasteiger partial charge >= 0.3 is 0 Å². The summed E-state index contributed by atoms with van der Waals surface area (Å²) in [5.74, 6) is 0.979. The molecule has 1 aromatic carbocycles. The summed E-state index contributed by atoms with van der Waals surface area (Å²) in [5, 5.41) is 9.12. The summed E-state index contributed by atoms with van der Waals surface area (Å²) in [5.41, 5.74) is 4.92. The Bertz CT molecular complexity index is 948. The second-order valence-corrected chi connectivity index (χ2v) is 7.67. The van der Waals surface area contributed by atoms with Crippen molar-refractivity contribution in [2.75, 3.05) is 44.7 Å². The summed E-state index contributed by atoms with van der Waals surface area (Å²) >= 11 is 6.03. The molecule has 1 aliphatic rings. The van der Waals surface area contributed by atoms with E-state index in [4.69, 9.17) is 26.4 Å². The molecule has 6 nitrogen and oxygen atoms in total. The molecule has 0 amide bonds. The maximum absolute atomic E-state index is 6.03. The van der Waals surface area contributed by atoms with Gasteiger partial charge in [0.2, 0.25) is 0 Å². The molecule has 1 aliphatic heterocycles. The average molecular weight is 400 g/mol. The van der Waals surface area contributed by atoms with Gasteiger partial charge in [-0.05, 0) is 38.9 Å². The first-order chi connectivity index (χ1) is 13.6. The van der Waals surface area contributed by atoms with Crippen LogP contribution >= 0.6 is 11.6 Å². The molecule has 0 aliphatic carbocycles. The summed E-state index contributed by atoms with van der Waals surface area (Å²) in [6.07, 6.45) is 1.08. The highest BCUT2D eigenvalue weighted by atomic mass is 35.5. The lowest BCUT2D eigenvalue weighted by molar-refractivity contribution is 0.0378. The minimum atomic E-state index is 0.724. The average Bonchev–Trinajstić information content (AvgIpc) is 3.03. The lowest BCUT2D eigenvalue weighted by Crippen LogP contribution is -2.37. The van der Waals surface area contributed by atoms with Crippen LogP contribution in [0.4, 0.5) is 5.82 Å². The molecular formula is C21H26ClN5O. The number of morpholine rings is 1. The van der Waals surface area contributed by atoms with Crippen LogP contribution < -0.4 is 5.32 Å². The predicted molar refractivity (Wildman–Crippen MR) is 113 cm³/mol. The van der Waals surface area contributed by atoms with Crippen LogP contribution in [0.3, 0.4) is 0 Å². The first kappa shape index (κ1) is 19.2. The van der Waals surface area contributed by atoms with Gasteiger partial charge in [0.25, 0.3) is 0 Å². The van der Waals surface area contributed by atoms with Gasteiger partial charge in [0.15, 0.2) is 5.65 Å². The predicted octanol–water partition coefficient (Wildman–Crippen LogP) is 3.80. The van der Waals surface area contributed by atoms with Crippen molar-refractivity contribution in [2.24, 2.45) is 0 Å². The van der Waals surface area contributed by atoms with E-state index in [1.54, 1.807) is 0 Å². The molecule has 148 valence electrons. The van der Waals surface area contributed by atoms with Gasteiger partial charge in [-0.1, -0.05) is 23.7 Å². The Kier molecular flexibility index (Phi) is 5.80. The zero-order valence-electron chi connectivity index (χ0n) is 16.4. The molecular weight excluding hydrogens is 374 g/mol. The normalized spacial score (nSPS) is 15.2. The lowest BCUT2D eigenvalue weighted by atomic mass is 10.1. The highest BCUT2D eigenvalue weighted by Crippen LogP contribution is 2.27. The Balaban J connectivity index is 1.52. The number of hydrogen-bond donors (Lipinski definition) is 1. The van der Waals surface area contributed by atoms with E-state index in [1.807, 2.05) is 35.7 Å². The van der Waals surface area contributed by atoms with Crippen LogP contribution in [0, 0.1) is 13.8 Å². The van der Waals surface area contributed by atoms with E-state index < -0.39 is 0 Å². The number of nitrogens with zero attached hydrogens (tertiary/aromatic N) is 4. The van der Waals surface area contributed by atoms with Crippen molar-refractivity contribution in [3.8, 4) is 11.3 Å². The number of nitrogens with one attached hydrogen (secondary N) is 1. The van der Waals surface area contributed by atoms with Crippen molar-refractivity contribution in [2.45, 2.75) is 20.3 Å². The van der Waals surface area contributed by atoms with E-state index in [2.05, 4.69) is 23.2 Å². The van der Waals surface area contributed by atoms with E-state index in [0.29, 0.717) is 0 Å². The zero-order valence-corrected chi connectivity index (χ0v) is 17.2. The number of benzene rings is 1. The SMILES string of the molecule is Cc1cc(NCCCN2CCOCC2)n2nc(-c3ccc(Cl)cc3)c(C)c2n1. The van der Waals surface area contributed by atoms with Crippen LogP contribution in [0.15, 0.2) is 30.3 Å². The van der Waals surface area contributed by atoms with E-state index in [9.17, 15) is 0 Å². The number of aryl methyl sites for hydroxylation is 2. The maximum atomic E-state index is 6.03. The van der Waals surface area contributed by atoms with E-state index in [0.717, 1.165) is 84.8 Å². The van der Waals surface area contributed by atoms with Crippen molar-refractivity contribution >= 4 is 23.1 Å². The molecule has 0 spiro atoms. The summed E-state index contributed by atoms with van der Waals surface area (Å²) in [7, 11) is 0. The van der Waals surface area contributed by atoms with Crippen molar-refractivity contribution < 1.29 is 4.74 Å². The van der Waals surface area contributed by atoms with Crippen molar-refractivity contribution in [1.82, 2.24) is 19.5 Å². The summed E-state index contributed by atoms with van der Waals surface area (Å²) < 4.78 is 7.33. The Morgan fingerprint density at radius 1 is 1.14 bits per heavy atom. The van der Waals surface area contributed by atoms with Crippen molar-refractivity contribution in [3.05, 3.63) is 46.6 Å². The van der Waals surface area contributed by atoms with E-state index >= 15 is 0 Å². The molecule has 0 bridgehead atoms. The highest BCUT2D eigenvalue weighted by Gasteiger charge is 2.15. The third-order valence-corrected chi connectivity index (χ3v) is 5.38. The maximum Gasteiger partial charge on any atom is 0.161 e. The number of fused-ring (bicyclic) bond motifs is 1. The second kappa shape index (κ2) is 8.47. The molecule has 0 unspecified atom stereocenters. The standard InChI is InChI=1S/C21H26ClN5O/c1-15-14-19(23-8-3-9-26-10-12-28-13-11-26)27-21(24-15)16(2)20(25-27)17-4-6-18(22)7-5-17/h4-7,14,23H,3,8-13H2,1-2H3.